The van der Waals surface area contributed by atoms with E-state index < -0.39 is 5.54 Å². The Morgan fingerprint density at radius 2 is 2.03 bits per heavy atom. The molecule has 1 aliphatic carbocycles. The molecular weight excluding hydrogens is 468 g/mol. The van der Waals surface area contributed by atoms with E-state index in [-0.39, 0.29) is 17.6 Å². The number of pyridine rings is 1. The van der Waals surface area contributed by atoms with E-state index in [0.29, 0.717) is 29.7 Å². The van der Waals surface area contributed by atoms with Crippen molar-refractivity contribution in [2.75, 3.05) is 13.2 Å². The zero-order valence-electron chi connectivity index (χ0n) is 20.8. The smallest absolute Gasteiger partial charge is 0.263 e. The van der Waals surface area contributed by atoms with Crippen molar-refractivity contribution >= 4 is 22.6 Å². The number of rotatable bonds is 8. The Labute approximate surface area is 214 Å². The van der Waals surface area contributed by atoms with E-state index in [9.17, 15) is 9.59 Å². The number of carbonyl (C=O) groups is 2. The Morgan fingerprint density at radius 1 is 1.19 bits per heavy atom. The number of hydrogen-bond donors (Lipinski definition) is 2. The number of hydrogen-bond acceptors (Lipinski definition) is 7. The fourth-order valence-corrected chi connectivity index (χ4v) is 4.79. The van der Waals surface area contributed by atoms with Crippen LogP contribution < -0.4 is 15.4 Å². The van der Waals surface area contributed by atoms with Crippen LogP contribution in [0.5, 0.6) is 5.75 Å². The summed E-state index contributed by atoms with van der Waals surface area (Å²) in [6, 6.07) is 13.9. The van der Waals surface area contributed by atoms with Gasteiger partial charge in [-0.2, -0.15) is 0 Å². The van der Waals surface area contributed by atoms with Gasteiger partial charge < -0.3 is 19.8 Å². The van der Waals surface area contributed by atoms with Gasteiger partial charge in [-0.1, -0.05) is 12.1 Å². The van der Waals surface area contributed by atoms with Crippen molar-refractivity contribution in [3.8, 4) is 17.1 Å². The van der Waals surface area contributed by atoms with Gasteiger partial charge in [-0.3, -0.25) is 14.6 Å². The number of aromatic nitrogens is 2. The van der Waals surface area contributed by atoms with E-state index in [0.717, 1.165) is 53.4 Å². The van der Waals surface area contributed by atoms with E-state index in [1.165, 1.54) is 6.92 Å². The zero-order valence-corrected chi connectivity index (χ0v) is 20.8. The molecule has 1 saturated carbocycles. The van der Waals surface area contributed by atoms with Gasteiger partial charge in [0.15, 0.2) is 5.76 Å². The van der Waals surface area contributed by atoms with Crippen molar-refractivity contribution in [2.45, 2.75) is 44.7 Å². The quantitative estimate of drug-likeness (QED) is 0.345. The number of nitrogens with one attached hydrogen (secondary N) is 2. The second kappa shape index (κ2) is 9.12. The highest BCUT2D eigenvalue weighted by Crippen LogP contribution is 2.49. The summed E-state index contributed by atoms with van der Waals surface area (Å²) in [5, 5.41) is 7.61. The van der Waals surface area contributed by atoms with Gasteiger partial charge in [0.05, 0.1) is 17.3 Å². The van der Waals surface area contributed by atoms with Crippen molar-refractivity contribution in [1.29, 1.82) is 0 Å². The van der Waals surface area contributed by atoms with Gasteiger partial charge in [0.1, 0.15) is 12.4 Å². The number of Topliss-reactive ketones (excluding diaryl/α,β-unsaturated/α-hetero) is 1. The van der Waals surface area contributed by atoms with E-state index in [1.807, 2.05) is 49.4 Å². The number of fused-ring (bicyclic) bond motifs is 1. The van der Waals surface area contributed by atoms with Gasteiger partial charge in [-0.15, -0.1) is 0 Å². The first-order valence-electron chi connectivity index (χ1n) is 12.6. The largest absolute Gasteiger partial charge is 0.492 e. The van der Waals surface area contributed by atoms with Crippen molar-refractivity contribution in [3.63, 3.8) is 0 Å². The van der Waals surface area contributed by atoms with Crippen molar-refractivity contribution in [1.82, 2.24) is 20.6 Å². The first kappa shape index (κ1) is 23.4. The topological polar surface area (TPSA) is 106 Å². The molecule has 2 aromatic heterocycles. The average molecular weight is 497 g/mol. The van der Waals surface area contributed by atoms with Gasteiger partial charge in [-0.25, -0.2) is 4.98 Å². The molecule has 2 aromatic carbocycles. The SMILES string of the molecule is CC(=O)c1ncc(-c2cc(C3(NC(=O)c4cc(OCC5CCN5)ccc4C)CC3)c3cccnc3c2)o1. The number of aryl methyl sites for hydroxylation is 1. The van der Waals surface area contributed by atoms with E-state index in [1.54, 1.807) is 12.4 Å². The first-order valence-corrected chi connectivity index (χ1v) is 12.6. The summed E-state index contributed by atoms with van der Waals surface area (Å²) >= 11 is 0. The molecule has 37 heavy (non-hydrogen) atoms. The van der Waals surface area contributed by atoms with E-state index in [2.05, 4.69) is 20.6 Å². The van der Waals surface area contributed by atoms with Crippen molar-refractivity contribution in [3.05, 3.63) is 77.4 Å². The minimum absolute atomic E-state index is 0.0674. The lowest BCUT2D eigenvalue weighted by atomic mass is 9.95. The van der Waals surface area contributed by atoms with Gasteiger partial charge in [-0.05, 0) is 74.2 Å². The number of oxazole rings is 1. The van der Waals surface area contributed by atoms with E-state index >= 15 is 0 Å². The normalized spacial score (nSPS) is 17.7. The first-order chi connectivity index (χ1) is 17.9. The molecule has 0 bridgehead atoms. The number of benzene rings is 2. The summed E-state index contributed by atoms with van der Waals surface area (Å²) in [6.07, 6.45) is 6.02. The molecule has 0 radical (unpaired) electrons. The lowest BCUT2D eigenvalue weighted by Crippen LogP contribution is -2.46. The summed E-state index contributed by atoms with van der Waals surface area (Å²) < 4.78 is 11.6. The molecule has 1 amide bonds. The van der Waals surface area contributed by atoms with Crippen molar-refractivity contribution < 1.29 is 18.7 Å². The Hall–Kier alpha value is -4.04. The average Bonchev–Trinajstić information content (AvgIpc) is 3.46. The minimum atomic E-state index is -0.517. The predicted molar refractivity (Wildman–Crippen MR) is 139 cm³/mol. The molecule has 8 heteroatoms. The summed E-state index contributed by atoms with van der Waals surface area (Å²) in [5.41, 5.74) is 3.50. The standard InChI is InChI=1S/C29H28N4O4/c1-17-5-6-21(36-16-20-7-11-30-20)14-23(17)27(35)33-29(8-9-29)24-12-19(13-25-22(24)4-3-10-31-25)26-15-32-28(37-26)18(2)34/h3-6,10,12-15,20,30H,7-9,11,16H2,1-2H3,(H,33,35). The summed E-state index contributed by atoms with van der Waals surface area (Å²) in [5.74, 6) is 0.878. The molecule has 2 fully saturated rings. The molecule has 188 valence electrons. The molecule has 2 N–H and O–H groups in total. The van der Waals surface area contributed by atoms with Crippen LogP contribution in [-0.2, 0) is 5.54 Å². The van der Waals surface area contributed by atoms with Crippen LogP contribution in [-0.4, -0.2) is 40.9 Å². The lowest BCUT2D eigenvalue weighted by Gasteiger charge is -2.27. The van der Waals surface area contributed by atoms with Gasteiger partial charge in [0, 0.05) is 35.7 Å². The van der Waals surface area contributed by atoms with Crippen LogP contribution in [0.2, 0.25) is 0 Å². The molecule has 3 heterocycles. The van der Waals surface area contributed by atoms with Crippen LogP contribution in [0, 0.1) is 6.92 Å². The fourth-order valence-electron chi connectivity index (χ4n) is 4.79. The fraction of sp³-hybridized carbons (Fsp3) is 0.310. The Morgan fingerprint density at radius 3 is 2.73 bits per heavy atom. The number of ketones is 1. The van der Waals surface area contributed by atoms with Gasteiger partial charge in [0.25, 0.3) is 11.8 Å². The Kier molecular flexibility index (Phi) is 5.76. The predicted octanol–water partition coefficient (Wildman–Crippen LogP) is 4.56. The third-order valence-corrected chi connectivity index (χ3v) is 7.26. The van der Waals surface area contributed by atoms with Crippen LogP contribution in [0.4, 0.5) is 0 Å². The highest BCUT2D eigenvalue weighted by molar-refractivity contribution is 5.98. The minimum Gasteiger partial charge on any atom is -0.492 e. The summed E-state index contributed by atoms with van der Waals surface area (Å²) in [7, 11) is 0. The molecule has 4 aromatic rings. The van der Waals surface area contributed by atoms with Gasteiger partial charge in [0.2, 0.25) is 5.78 Å². The van der Waals surface area contributed by atoms with Crippen LogP contribution in [0.3, 0.4) is 0 Å². The number of carbonyl (C=O) groups excluding carboxylic acids is 2. The maximum absolute atomic E-state index is 13.6. The third-order valence-electron chi connectivity index (χ3n) is 7.26. The molecule has 8 nitrogen and oxygen atoms in total. The number of nitrogens with zero attached hydrogens (tertiary/aromatic N) is 2. The second-order valence-corrected chi connectivity index (χ2v) is 9.94. The Balaban J connectivity index is 1.32. The maximum atomic E-state index is 13.6. The van der Waals surface area contributed by atoms with Crippen molar-refractivity contribution in [2.24, 2.45) is 0 Å². The molecule has 1 aliphatic heterocycles. The van der Waals surface area contributed by atoms with Gasteiger partial charge >= 0.3 is 0 Å². The summed E-state index contributed by atoms with van der Waals surface area (Å²) in [6.45, 7) is 4.97. The highest BCUT2D eigenvalue weighted by atomic mass is 16.5. The molecule has 1 unspecified atom stereocenters. The van der Waals surface area contributed by atoms with Crippen LogP contribution in [0.15, 0.2) is 59.3 Å². The molecule has 6 rings (SSSR count). The van der Waals surface area contributed by atoms with Crippen LogP contribution >= 0.6 is 0 Å². The highest BCUT2D eigenvalue weighted by Gasteiger charge is 2.47. The number of amides is 1. The second-order valence-electron chi connectivity index (χ2n) is 9.94. The maximum Gasteiger partial charge on any atom is 0.263 e. The summed E-state index contributed by atoms with van der Waals surface area (Å²) in [4.78, 5) is 33.9. The molecular formula is C29H28N4O4. The molecule has 0 spiro atoms. The Bertz CT molecular complexity index is 1520. The molecule has 2 aliphatic rings. The third kappa shape index (κ3) is 4.49. The zero-order chi connectivity index (χ0) is 25.6. The van der Waals surface area contributed by atoms with Crippen LogP contribution in [0.25, 0.3) is 22.2 Å². The van der Waals surface area contributed by atoms with Crippen LogP contribution in [0.1, 0.15) is 58.4 Å². The monoisotopic (exact) mass is 496 g/mol. The van der Waals surface area contributed by atoms with E-state index in [4.69, 9.17) is 9.15 Å². The lowest BCUT2D eigenvalue weighted by molar-refractivity contribution is 0.0928. The number of ether oxygens (including phenoxy) is 1. The molecule has 1 atom stereocenters. The molecule has 1 saturated heterocycles.